The number of carboxylic acids is 1. The van der Waals surface area contributed by atoms with Gasteiger partial charge in [-0.15, -0.1) is 0 Å². The van der Waals surface area contributed by atoms with E-state index in [9.17, 15) is 9.59 Å². The Balaban J connectivity index is 2.30. The Morgan fingerprint density at radius 3 is 2.35 bits per heavy atom. The molecule has 0 aliphatic carbocycles. The van der Waals surface area contributed by atoms with E-state index in [1.54, 1.807) is 18.9 Å². The highest BCUT2D eigenvalue weighted by Gasteiger charge is 2.27. The lowest BCUT2D eigenvalue weighted by Gasteiger charge is -2.36. The number of carbonyl (C=O) groups is 2. The molecule has 0 radical (unpaired) electrons. The van der Waals surface area contributed by atoms with E-state index in [4.69, 9.17) is 9.84 Å². The quantitative estimate of drug-likeness (QED) is 0.722. The first kappa shape index (κ1) is 16.7. The zero-order valence-corrected chi connectivity index (χ0v) is 12.5. The number of amides is 2. The minimum absolute atomic E-state index is 0.0874. The van der Waals surface area contributed by atoms with E-state index in [-0.39, 0.29) is 11.9 Å². The summed E-state index contributed by atoms with van der Waals surface area (Å²) < 4.78 is 5.02. The van der Waals surface area contributed by atoms with E-state index >= 15 is 0 Å². The van der Waals surface area contributed by atoms with Gasteiger partial charge in [0.05, 0.1) is 6.61 Å². The Morgan fingerprint density at radius 2 is 1.85 bits per heavy atom. The van der Waals surface area contributed by atoms with E-state index in [2.05, 4.69) is 5.32 Å². The van der Waals surface area contributed by atoms with Crippen LogP contribution in [0.15, 0.2) is 0 Å². The van der Waals surface area contributed by atoms with Crippen LogP contribution in [-0.4, -0.2) is 79.4 Å². The number of carboxylic acid groups (broad SMARTS) is 1. The van der Waals surface area contributed by atoms with Gasteiger partial charge in [-0.1, -0.05) is 6.92 Å². The first-order valence-electron chi connectivity index (χ1n) is 6.94. The summed E-state index contributed by atoms with van der Waals surface area (Å²) in [6, 6.07) is -0.586. The summed E-state index contributed by atoms with van der Waals surface area (Å²) in [7, 11) is 1.64. The molecule has 1 rings (SSSR count). The van der Waals surface area contributed by atoms with Crippen LogP contribution in [0.4, 0.5) is 4.79 Å². The lowest BCUT2D eigenvalue weighted by Crippen LogP contribution is -2.55. The molecule has 116 valence electrons. The molecule has 7 nitrogen and oxygen atoms in total. The van der Waals surface area contributed by atoms with Crippen molar-refractivity contribution in [3.8, 4) is 0 Å². The number of nitrogens with zero attached hydrogens (tertiary/aromatic N) is 2. The van der Waals surface area contributed by atoms with E-state index in [1.165, 1.54) is 0 Å². The summed E-state index contributed by atoms with van der Waals surface area (Å²) in [5.41, 5.74) is 0. The average molecular weight is 287 g/mol. The number of hydrogen-bond acceptors (Lipinski definition) is 4. The topological polar surface area (TPSA) is 82.1 Å². The highest BCUT2D eigenvalue weighted by atomic mass is 16.5. The van der Waals surface area contributed by atoms with Gasteiger partial charge in [-0.05, 0) is 12.8 Å². The van der Waals surface area contributed by atoms with Gasteiger partial charge < -0.3 is 20.1 Å². The van der Waals surface area contributed by atoms with Crippen molar-refractivity contribution in [2.75, 3.05) is 46.4 Å². The highest BCUT2D eigenvalue weighted by Crippen LogP contribution is 2.07. The zero-order valence-electron chi connectivity index (χ0n) is 12.5. The Morgan fingerprint density at radius 1 is 1.25 bits per heavy atom. The van der Waals surface area contributed by atoms with Crippen molar-refractivity contribution in [1.82, 2.24) is 15.1 Å². The van der Waals surface area contributed by atoms with Crippen molar-refractivity contribution in [2.45, 2.75) is 19.9 Å². The number of ether oxygens (including phenoxy) is 1. The second-order valence-corrected chi connectivity index (χ2v) is 5.28. The number of hydrogen-bond donors (Lipinski definition) is 2. The van der Waals surface area contributed by atoms with Gasteiger partial charge in [0.15, 0.2) is 0 Å². The molecule has 2 amide bonds. The molecule has 0 aromatic rings. The Hall–Kier alpha value is -1.34. The van der Waals surface area contributed by atoms with E-state index in [0.29, 0.717) is 39.3 Å². The third kappa shape index (κ3) is 4.97. The minimum atomic E-state index is -0.823. The van der Waals surface area contributed by atoms with E-state index < -0.39 is 12.0 Å². The Labute approximate surface area is 119 Å². The van der Waals surface area contributed by atoms with Crippen LogP contribution in [0.1, 0.15) is 13.8 Å². The van der Waals surface area contributed by atoms with Gasteiger partial charge in [0, 0.05) is 39.8 Å². The molecule has 1 fully saturated rings. The SMILES string of the molecule is COCC(C)CNC(=O)N1CCN(C(C)C(=O)O)CC1. The molecule has 2 N–H and O–H groups in total. The van der Waals surface area contributed by atoms with Crippen molar-refractivity contribution < 1.29 is 19.4 Å². The molecule has 7 heteroatoms. The van der Waals surface area contributed by atoms with Crippen LogP contribution >= 0.6 is 0 Å². The standard InChI is InChI=1S/C13H25N3O4/c1-10(9-20-3)8-14-13(19)16-6-4-15(5-7-16)11(2)12(17)18/h10-11H,4-9H2,1-3H3,(H,14,19)(H,17,18). The fourth-order valence-corrected chi connectivity index (χ4v) is 2.19. The van der Waals surface area contributed by atoms with Crippen LogP contribution in [0.5, 0.6) is 0 Å². The predicted molar refractivity (Wildman–Crippen MR) is 74.7 cm³/mol. The average Bonchev–Trinajstić information content (AvgIpc) is 2.44. The van der Waals surface area contributed by atoms with Crippen molar-refractivity contribution in [1.29, 1.82) is 0 Å². The second-order valence-electron chi connectivity index (χ2n) is 5.28. The maximum Gasteiger partial charge on any atom is 0.320 e. The molecular weight excluding hydrogens is 262 g/mol. The summed E-state index contributed by atoms with van der Waals surface area (Å²) >= 11 is 0. The zero-order chi connectivity index (χ0) is 15.1. The normalized spacial score (nSPS) is 19.4. The van der Waals surface area contributed by atoms with Crippen LogP contribution in [-0.2, 0) is 9.53 Å². The van der Waals surface area contributed by atoms with Crippen molar-refractivity contribution in [3.63, 3.8) is 0 Å². The van der Waals surface area contributed by atoms with Crippen molar-refractivity contribution in [2.24, 2.45) is 5.92 Å². The van der Waals surface area contributed by atoms with Gasteiger partial charge in [0.2, 0.25) is 0 Å². The van der Waals surface area contributed by atoms with Gasteiger partial charge in [0.1, 0.15) is 6.04 Å². The van der Waals surface area contributed by atoms with E-state index in [1.807, 2.05) is 11.8 Å². The molecule has 1 aliphatic heterocycles. The van der Waals surface area contributed by atoms with Gasteiger partial charge >= 0.3 is 12.0 Å². The molecule has 0 aromatic carbocycles. The first-order chi connectivity index (χ1) is 9.45. The third-order valence-electron chi connectivity index (χ3n) is 3.56. The molecule has 20 heavy (non-hydrogen) atoms. The monoisotopic (exact) mass is 287 g/mol. The van der Waals surface area contributed by atoms with Gasteiger partial charge in [0.25, 0.3) is 0 Å². The molecule has 0 spiro atoms. The Bertz CT molecular complexity index is 330. The summed E-state index contributed by atoms with van der Waals surface area (Å²) in [4.78, 5) is 26.5. The van der Waals surface area contributed by atoms with Crippen LogP contribution in [0, 0.1) is 5.92 Å². The summed E-state index contributed by atoms with van der Waals surface area (Å²) in [5, 5.41) is 11.8. The summed E-state index contributed by atoms with van der Waals surface area (Å²) in [6.07, 6.45) is 0. The Kier molecular flexibility index (Phi) is 6.74. The van der Waals surface area contributed by atoms with Crippen molar-refractivity contribution >= 4 is 12.0 Å². The van der Waals surface area contributed by atoms with Crippen LogP contribution in [0.25, 0.3) is 0 Å². The lowest BCUT2D eigenvalue weighted by atomic mass is 10.2. The van der Waals surface area contributed by atoms with Crippen LogP contribution in [0.3, 0.4) is 0 Å². The van der Waals surface area contributed by atoms with Crippen LogP contribution in [0.2, 0.25) is 0 Å². The number of piperazine rings is 1. The lowest BCUT2D eigenvalue weighted by molar-refractivity contribution is -0.143. The molecule has 1 aliphatic rings. The summed E-state index contributed by atoms with van der Waals surface area (Å²) in [6.45, 7) is 7.18. The predicted octanol–water partition coefficient (Wildman–Crippen LogP) is 0.0692. The maximum absolute atomic E-state index is 12.0. The van der Waals surface area contributed by atoms with Gasteiger partial charge in [-0.3, -0.25) is 9.69 Å². The van der Waals surface area contributed by atoms with Gasteiger partial charge in [-0.2, -0.15) is 0 Å². The largest absolute Gasteiger partial charge is 0.480 e. The number of aliphatic carboxylic acids is 1. The number of rotatable bonds is 6. The number of nitrogens with one attached hydrogen (secondary N) is 1. The number of carbonyl (C=O) groups excluding carboxylic acids is 1. The van der Waals surface area contributed by atoms with E-state index in [0.717, 1.165) is 0 Å². The highest BCUT2D eigenvalue weighted by molar-refractivity contribution is 5.74. The number of urea groups is 1. The van der Waals surface area contributed by atoms with Crippen LogP contribution < -0.4 is 5.32 Å². The smallest absolute Gasteiger partial charge is 0.320 e. The molecule has 2 atom stereocenters. The maximum atomic E-state index is 12.0. The molecule has 0 saturated carbocycles. The molecular formula is C13H25N3O4. The molecule has 1 heterocycles. The summed E-state index contributed by atoms with van der Waals surface area (Å²) in [5.74, 6) is -0.548. The first-order valence-corrected chi connectivity index (χ1v) is 6.94. The molecule has 0 bridgehead atoms. The van der Waals surface area contributed by atoms with Crippen molar-refractivity contribution in [3.05, 3.63) is 0 Å². The second kappa shape index (κ2) is 8.06. The minimum Gasteiger partial charge on any atom is -0.480 e. The fourth-order valence-electron chi connectivity index (χ4n) is 2.19. The third-order valence-corrected chi connectivity index (χ3v) is 3.56. The molecule has 0 aromatic heterocycles. The molecule has 1 saturated heterocycles. The van der Waals surface area contributed by atoms with Gasteiger partial charge in [-0.25, -0.2) is 4.79 Å². The number of methoxy groups -OCH3 is 1. The molecule has 2 unspecified atom stereocenters. The fraction of sp³-hybridized carbons (Fsp3) is 0.846.